The van der Waals surface area contributed by atoms with Gasteiger partial charge in [0.05, 0.1) is 11.7 Å². The molecule has 0 spiro atoms. The number of nitriles is 1. The summed E-state index contributed by atoms with van der Waals surface area (Å²) in [6.07, 6.45) is 2.26. The molecule has 0 saturated carbocycles. The molecule has 0 aromatic carbocycles. The van der Waals surface area contributed by atoms with Gasteiger partial charge in [-0.3, -0.25) is 4.68 Å². The van der Waals surface area contributed by atoms with Crippen molar-refractivity contribution in [1.82, 2.24) is 15.1 Å². The van der Waals surface area contributed by atoms with Crippen molar-refractivity contribution in [2.24, 2.45) is 0 Å². The molecule has 84 valence electrons. The van der Waals surface area contributed by atoms with Crippen LogP contribution in [0.2, 0.25) is 0 Å². The minimum Gasteiger partial charge on any atom is -0.317 e. The molecule has 1 aromatic heterocycles. The molecule has 0 bridgehead atoms. The lowest BCUT2D eigenvalue weighted by Crippen LogP contribution is -2.30. The number of piperidine rings is 1. The molecule has 4 nitrogen and oxygen atoms in total. The zero-order valence-corrected chi connectivity index (χ0v) is 9.89. The molecule has 0 unspecified atom stereocenters. The summed E-state index contributed by atoms with van der Waals surface area (Å²) in [4.78, 5) is 0. The lowest BCUT2D eigenvalue weighted by atomic mass is 10.1. The van der Waals surface area contributed by atoms with E-state index < -0.39 is 0 Å². The highest BCUT2D eigenvalue weighted by atomic mass is 32.2. The lowest BCUT2D eigenvalue weighted by molar-refractivity contribution is 0.337. The highest BCUT2D eigenvalue weighted by Gasteiger charge is 2.27. The number of nitrogens with one attached hydrogen (secondary N) is 1. The zero-order chi connectivity index (χ0) is 11.0. The highest BCUT2D eigenvalue weighted by molar-refractivity contribution is 7.98. The van der Waals surface area contributed by atoms with Crippen molar-refractivity contribution in [1.29, 1.82) is 5.26 Å². The van der Waals surface area contributed by atoms with Crippen molar-refractivity contribution in [3.8, 4) is 6.07 Å². The van der Waals surface area contributed by atoms with Crippen LogP contribution in [0.3, 0.4) is 0 Å². The quantitative estimate of drug-likeness (QED) is 0.798. The fraction of sp³-hybridized carbons (Fsp3) is 0.636. The lowest BCUT2D eigenvalue weighted by Gasteiger charge is -2.24. The molecule has 1 N–H and O–H groups in total. The number of hydrogen-bond acceptors (Lipinski definition) is 4. The predicted octanol–water partition coefficient (Wildman–Crippen LogP) is 1.43. The van der Waals surface area contributed by atoms with Crippen LogP contribution in [0, 0.1) is 11.3 Å². The highest BCUT2D eigenvalue weighted by Crippen LogP contribution is 2.35. The smallest absolute Gasteiger partial charge is 0.166 e. The topological polar surface area (TPSA) is 53.6 Å². The average molecular weight is 234 g/mol. The summed E-state index contributed by atoms with van der Waals surface area (Å²) in [5.41, 5.74) is 3.14. The third-order valence-corrected chi connectivity index (χ3v) is 4.33. The molecule has 2 aliphatic rings. The van der Waals surface area contributed by atoms with E-state index in [1.165, 1.54) is 11.3 Å². The van der Waals surface area contributed by atoms with E-state index in [1.54, 1.807) is 0 Å². The molecule has 2 aliphatic heterocycles. The van der Waals surface area contributed by atoms with Gasteiger partial charge in [0.15, 0.2) is 5.69 Å². The molecule has 1 saturated heterocycles. The second kappa shape index (κ2) is 4.11. The Kier molecular flexibility index (Phi) is 2.62. The first-order valence-electron chi connectivity index (χ1n) is 5.69. The third-order valence-electron chi connectivity index (χ3n) is 3.36. The van der Waals surface area contributed by atoms with Crippen LogP contribution in [0.1, 0.15) is 35.8 Å². The van der Waals surface area contributed by atoms with Crippen molar-refractivity contribution in [3.05, 3.63) is 17.0 Å². The molecule has 0 amide bonds. The van der Waals surface area contributed by atoms with Crippen LogP contribution in [-0.4, -0.2) is 22.9 Å². The van der Waals surface area contributed by atoms with Gasteiger partial charge in [-0.15, -0.1) is 0 Å². The monoisotopic (exact) mass is 234 g/mol. The minimum atomic E-state index is 0.496. The molecule has 0 atom stereocenters. The summed E-state index contributed by atoms with van der Waals surface area (Å²) in [5, 5.41) is 16.9. The maximum absolute atomic E-state index is 9.07. The standard InChI is InChI=1S/C11H14N4S/c12-5-10-9-6-16-7-11(9)15(14-10)8-1-3-13-4-2-8/h8,13H,1-4,6-7H2. The van der Waals surface area contributed by atoms with Gasteiger partial charge in [-0.2, -0.15) is 22.1 Å². The van der Waals surface area contributed by atoms with Gasteiger partial charge in [0.1, 0.15) is 6.07 Å². The fourth-order valence-corrected chi connectivity index (χ4v) is 3.61. The Balaban J connectivity index is 1.98. The van der Waals surface area contributed by atoms with E-state index in [4.69, 9.17) is 5.26 Å². The summed E-state index contributed by atoms with van der Waals surface area (Å²) in [6, 6.07) is 2.72. The van der Waals surface area contributed by atoms with Gasteiger partial charge >= 0.3 is 0 Å². The maximum atomic E-state index is 9.07. The van der Waals surface area contributed by atoms with Crippen LogP contribution >= 0.6 is 11.8 Å². The van der Waals surface area contributed by atoms with E-state index in [-0.39, 0.29) is 0 Å². The SMILES string of the molecule is N#Cc1nn(C2CCNCC2)c2c1CSC2. The summed E-state index contributed by atoms with van der Waals surface area (Å²) in [7, 11) is 0. The summed E-state index contributed by atoms with van der Waals surface area (Å²) < 4.78 is 2.13. The van der Waals surface area contributed by atoms with E-state index in [9.17, 15) is 0 Å². The van der Waals surface area contributed by atoms with Gasteiger partial charge in [-0.25, -0.2) is 0 Å². The Morgan fingerprint density at radius 1 is 1.38 bits per heavy atom. The Bertz CT molecular complexity index is 440. The maximum Gasteiger partial charge on any atom is 0.166 e. The largest absolute Gasteiger partial charge is 0.317 e. The molecule has 16 heavy (non-hydrogen) atoms. The van der Waals surface area contributed by atoms with Crippen LogP contribution in [0.4, 0.5) is 0 Å². The van der Waals surface area contributed by atoms with Gasteiger partial charge in [0, 0.05) is 17.1 Å². The van der Waals surface area contributed by atoms with E-state index in [1.807, 2.05) is 11.8 Å². The van der Waals surface area contributed by atoms with Crippen molar-refractivity contribution in [3.63, 3.8) is 0 Å². The van der Waals surface area contributed by atoms with Crippen molar-refractivity contribution >= 4 is 11.8 Å². The Labute approximate surface area is 99.0 Å². The van der Waals surface area contributed by atoms with Crippen LogP contribution in [0.5, 0.6) is 0 Å². The van der Waals surface area contributed by atoms with Gasteiger partial charge < -0.3 is 5.32 Å². The minimum absolute atomic E-state index is 0.496. The molecule has 5 heteroatoms. The number of thioether (sulfide) groups is 1. The van der Waals surface area contributed by atoms with Gasteiger partial charge in [-0.1, -0.05) is 0 Å². The predicted molar refractivity (Wildman–Crippen MR) is 63.1 cm³/mol. The second-order valence-corrected chi connectivity index (χ2v) is 5.29. The number of hydrogen-bond donors (Lipinski definition) is 1. The van der Waals surface area contributed by atoms with Crippen LogP contribution < -0.4 is 5.32 Å². The van der Waals surface area contributed by atoms with Crippen LogP contribution in [0.15, 0.2) is 0 Å². The van der Waals surface area contributed by atoms with Gasteiger partial charge in [0.25, 0.3) is 0 Å². The van der Waals surface area contributed by atoms with Gasteiger partial charge in [-0.05, 0) is 25.9 Å². The molecule has 0 aliphatic carbocycles. The first-order chi connectivity index (χ1) is 7.90. The van der Waals surface area contributed by atoms with E-state index in [2.05, 4.69) is 21.2 Å². The number of rotatable bonds is 1. The molecule has 0 radical (unpaired) electrons. The summed E-state index contributed by atoms with van der Waals surface area (Å²) in [5.74, 6) is 1.98. The first-order valence-corrected chi connectivity index (χ1v) is 6.84. The number of nitrogens with zero attached hydrogens (tertiary/aromatic N) is 3. The Morgan fingerprint density at radius 2 is 2.19 bits per heavy atom. The Hall–Kier alpha value is -0.990. The zero-order valence-electron chi connectivity index (χ0n) is 9.07. The van der Waals surface area contributed by atoms with E-state index in [0.29, 0.717) is 11.7 Å². The number of aromatic nitrogens is 2. The van der Waals surface area contributed by atoms with E-state index >= 15 is 0 Å². The molecular weight excluding hydrogens is 220 g/mol. The summed E-state index contributed by atoms with van der Waals surface area (Å²) >= 11 is 1.89. The van der Waals surface area contributed by atoms with Crippen LogP contribution in [0.25, 0.3) is 0 Å². The fourth-order valence-electron chi connectivity index (χ4n) is 2.50. The normalized spacial score (nSPS) is 20.7. The molecule has 3 heterocycles. The van der Waals surface area contributed by atoms with E-state index in [0.717, 1.165) is 37.4 Å². The second-order valence-electron chi connectivity index (χ2n) is 4.30. The van der Waals surface area contributed by atoms with Crippen molar-refractivity contribution < 1.29 is 0 Å². The van der Waals surface area contributed by atoms with Crippen molar-refractivity contribution in [2.75, 3.05) is 13.1 Å². The van der Waals surface area contributed by atoms with Crippen LogP contribution in [-0.2, 0) is 11.5 Å². The van der Waals surface area contributed by atoms with Gasteiger partial charge in [0.2, 0.25) is 0 Å². The average Bonchev–Trinajstić information content (AvgIpc) is 2.91. The Morgan fingerprint density at radius 3 is 2.94 bits per heavy atom. The molecular formula is C11H14N4S. The molecule has 3 rings (SSSR count). The number of fused-ring (bicyclic) bond motifs is 1. The molecule has 1 fully saturated rings. The van der Waals surface area contributed by atoms with Crippen molar-refractivity contribution in [2.45, 2.75) is 30.4 Å². The molecule has 1 aromatic rings. The summed E-state index contributed by atoms with van der Waals surface area (Å²) in [6.45, 7) is 2.13. The first kappa shape index (κ1) is 10.2. The third kappa shape index (κ3) is 1.53.